The summed E-state index contributed by atoms with van der Waals surface area (Å²) in [4.78, 5) is 4.79. The van der Waals surface area contributed by atoms with Crippen LogP contribution in [-0.4, -0.2) is 46.0 Å². The van der Waals surface area contributed by atoms with Crippen LogP contribution in [-0.2, 0) is 0 Å². The van der Waals surface area contributed by atoms with Crippen LogP contribution >= 0.6 is 0 Å². The first-order valence-electron chi connectivity index (χ1n) is 6.90. The molecule has 0 N–H and O–H groups in total. The Hall–Kier alpha value is -0.0800. The van der Waals surface area contributed by atoms with E-state index in [-0.39, 0.29) is 11.1 Å². The lowest BCUT2D eigenvalue weighted by molar-refractivity contribution is -0.0470. The molecule has 0 saturated carbocycles. The van der Waals surface area contributed by atoms with Crippen LogP contribution in [0.4, 0.5) is 0 Å². The molecule has 0 aliphatic carbocycles. The summed E-state index contributed by atoms with van der Waals surface area (Å²) in [7, 11) is 0. The Balaban J connectivity index is 2.96. The van der Waals surface area contributed by atoms with Crippen molar-refractivity contribution in [2.45, 2.75) is 78.5 Å². The lowest BCUT2D eigenvalue weighted by atomic mass is 9.94. The highest BCUT2D eigenvalue weighted by Gasteiger charge is 2.38. The van der Waals surface area contributed by atoms with Gasteiger partial charge in [-0.2, -0.15) is 0 Å². The van der Waals surface area contributed by atoms with Crippen LogP contribution < -0.4 is 0 Å². The van der Waals surface area contributed by atoms with Gasteiger partial charge in [0.25, 0.3) is 0 Å². The Morgan fingerprint density at radius 2 is 1.31 bits per heavy atom. The molecule has 1 aliphatic rings. The van der Waals surface area contributed by atoms with E-state index in [4.69, 9.17) is 1.37 Å². The molecule has 0 spiro atoms. The minimum atomic E-state index is -0.502. The zero-order chi connectivity index (χ0) is 13.6. The third-order valence-electron chi connectivity index (χ3n) is 3.51. The Labute approximate surface area is 103 Å². The third kappa shape index (κ3) is 2.98. The van der Waals surface area contributed by atoms with Crippen molar-refractivity contribution >= 4 is 0 Å². The highest BCUT2D eigenvalue weighted by atomic mass is 15.3. The molecule has 1 heterocycles. The van der Waals surface area contributed by atoms with Crippen molar-refractivity contribution in [3.8, 4) is 0 Å². The molecule has 0 aromatic heterocycles. The molecule has 96 valence electrons. The van der Waals surface area contributed by atoms with Gasteiger partial charge in [-0.15, -0.1) is 0 Å². The molecule has 1 aliphatic heterocycles. The predicted molar refractivity (Wildman–Crippen MR) is 71.8 cm³/mol. The predicted octanol–water partition coefficient (Wildman–Crippen LogP) is 2.98. The van der Waals surface area contributed by atoms with E-state index in [1.54, 1.807) is 0 Å². The second-order valence-corrected chi connectivity index (χ2v) is 7.16. The van der Waals surface area contributed by atoms with Crippen molar-refractivity contribution in [2.24, 2.45) is 0 Å². The Morgan fingerprint density at radius 1 is 0.875 bits per heavy atom. The Bertz CT molecular complexity index is 273. The van der Waals surface area contributed by atoms with Gasteiger partial charge in [-0.05, 0) is 55.4 Å². The fourth-order valence-corrected chi connectivity index (χ4v) is 2.75. The summed E-state index contributed by atoms with van der Waals surface area (Å²) in [5.74, 6) is 0. The molecule has 0 unspecified atom stereocenters. The molecule has 16 heavy (non-hydrogen) atoms. The molecule has 2 atom stereocenters. The smallest absolute Gasteiger partial charge is 0.0478 e. The Kier molecular flexibility index (Phi) is 3.33. The van der Waals surface area contributed by atoms with Crippen molar-refractivity contribution in [1.82, 2.24) is 9.80 Å². The van der Waals surface area contributed by atoms with Gasteiger partial charge < -0.3 is 0 Å². The summed E-state index contributed by atoms with van der Waals surface area (Å²) in [5, 5.41) is 0. The van der Waals surface area contributed by atoms with Crippen molar-refractivity contribution in [2.75, 3.05) is 13.1 Å². The maximum absolute atomic E-state index is 8.62. The van der Waals surface area contributed by atoms with Gasteiger partial charge in [-0.25, -0.2) is 0 Å². The van der Waals surface area contributed by atoms with Crippen molar-refractivity contribution in [3.63, 3.8) is 0 Å². The lowest BCUT2D eigenvalue weighted by Crippen LogP contribution is -2.65. The first-order valence-corrected chi connectivity index (χ1v) is 6.40. The van der Waals surface area contributed by atoms with Crippen LogP contribution in [0.5, 0.6) is 0 Å². The fourth-order valence-electron chi connectivity index (χ4n) is 2.75. The SMILES string of the molecule is [2H][C@]1(C)CN(C(C)(C)C)[C@H](C)CN1C(C)(C)C. The number of rotatable bonds is 0. The highest BCUT2D eigenvalue weighted by molar-refractivity contribution is 4.94. The maximum atomic E-state index is 8.62. The van der Waals surface area contributed by atoms with Gasteiger partial charge in [0.2, 0.25) is 0 Å². The summed E-state index contributed by atoms with van der Waals surface area (Å²) in [5.41, 5.74) is 0.209. The maximum Gasteiger partial charge on any atom is 0.0478 e. The quantitative estimate of drug-likeness (QED) is 0.628. The second-order valence-electron chi connectivity index (χ2n) is 7.16. The molecule has 0 radical (unpaired) electrons. The minimum absolute atomic E-state index is 0.0642. The van der Waals surface area contributed by atoms with E-state index in [0.717, 1.165) is 13.1 Å². The normalized spacial score (nSPS) is 36.2. The van der Waals surface area contributed by atoms with Gasteiger partial charge in [-0.1, -0.05) is 0 Å². The van der Waals surface area contributed by atoms with Crippen molar-refractivity contribution in [1.29, 1.82) is 0 Å². The van der Waals surface area contributed by atoms with E-state index in [1.165, 1.54) is 0 Å². The van der Waals surface area contributed by atoms with Crippen LogP contribution in [0.1, 0.15) is 56.8 Å². The van der Waals surface area contributed by atoms with Gasteiger partial charge >= 0.3 is 0 Å². The average molecular weight is 227 g/mol. The minimum Gasteiger partial charge on any atom is -0.293 e. The third-order valence-corrected chi connectivity index (χ3v) is 3.51. The molecule has 2 nitrogen and oxygen atoms in total. The molecule has 1 rings (SSSR count). The lowest BCUT2D eigenvalue weighted by Gasteiger charge is -2.53. The molecule has 1 fully saturated rings. The van der Waals surface area contributed by atoms with Crippen LogP contribution in [0.25, 0.3) is 0 Å². The fraction of sp³-hybridized carbons (Fsp3) is 1.00. The van der Waals surface area contributed by atoms with Crippen LogP contribution in [0, 0.1) is 0 Å². The summed E-state index contributed by atoms with van der Waals surface area (Å²) in [6, 6.07) is 0.00514. The van der Waals surface area contributed by atoms with E-state index in [9.17, 15) is 0 Å². The first-order chi connectivity index (χ1) is 7.36. The second kappa shape index (κ2) is 4.30. The highest BCUT2D eigenvalue weighted by Crippen LogP contribution is 2.28. The summed E-state index contributed by atoms with van der Waals surface area (Å²) in [6.45, 7) is 19.5. The van der Waals surface area contributed by atoms with Crippen LogP contribution in [0.2, 0.25) is 0 Å². The zero-order valence-corrected chi connectivity index (χ0v) is 12.4. The van der Waals surface area contributed by atoms with E-state index >= 15 is 0 Å². The van der Waals surface area contributed by atoms with E-state index < -0.39 is 6.02 Å². The Morgan fingerprint density at radius 3 is 1.69 bits per heavy atom. The topological polar surface area (TPSA) is 6.48 Å². The monoisotopic (exact) mass is 227 g/mol. The average Bonchev–Trinajstić information content (AvgIpc) is 2.04. The summed E-state index contributed by atoms with van der Waals surface area (Å²) in [6.07, 6.45) is 0. The zero-order valence-electron chi connectivity index (χ0n) is 13.4. The summed E-state index contributed by atoms with van der Waals surface area (Å²) >= 11 is 0. The van der Waals surface area contributed by atoms with E-state index in [2.05, 4.69) is 58.3 Å². The molecule has 0 amide bonds. The molecular weight excluding hydrogens is 196 g/mol. The van der Waals surface area contributed by atoms with Crippen LogP contribution in [0.15, 0.2) is 0 Å². The van der Waals surface area contributed by atoms with Gasteiger partial charge in [-0.3, -0.25) is 9.80 Å². The number of hydrogen-bond acceptors (Lipinski definition) is 2. The standard InChI is InChI=1S/C14H30N2/c1-11-9-16(14(6,7)8)12(2)10-15(11)13(3,4)5/h11-12H,9-10H2,1-8H3/t11-,12+/i11D/m0/s1. The number of piperazine rings is 1. The van der Waals surface area contributed by atoms with Gasteiger partial charge in [0.1, 0.15) is 0 Å². The molecule has 0 aromatic rings. The molecular formula is C14H30N2. The van der Waals surface area contributed by atoms with E-state index in [0.29, 0.717) is 6.04 Å². The first kappa shape index (κ1) is 12.4. The van der Waals surface area contributed by atoms with Gasteiger partial charge in [0.05, 0.1) is 0 Å². The molecule has 0 bridgehead atoms. The van der Waals surface area contributed by atoms with Gasteiger partial charge in [0, 0.05) is 37.6 Å². The summed E-state index contributed by atoms with van der Waals surface area (Å²) < 4.78 is 8.62. The van der Waals surface area contributed by atoms with E-state index in [1.807, 2.05) is 6.92 Å². The largest absolute Gasteiger partial charge is 0.293 e. The molecule has 2 heteroatoms. The molecule has 1 saturated heterocycles. The van der Waals surface area contributed by atoms with Crippen molar-refractivity contribution in [3.05, 3.63) is 0 Å². The van der Waals surface area contributed by atoms with Crippen molar-refractivity contribution < 1.29 is 1.37 Å². The number of nitrogens with zero attached hydrogens (tertiary/aromatic N) is 2. The number of hydrogen-bond donors (Lipinski definition) is 0. The molecule has 0 aromatic carbocycles. The van der Waals surface area contributed by atoms with Gasteiger partial charge in [0.15, 0.2) is 0 Å². The van der Waals surface area contributed by atoms with Crippen LogP contribution in [0.3, 0.4) is 0 Å².